The van der Waals surface area contributed by atoms with E-state index in [2.05, 4.69) is 10.6 Å². The Bertz CT molecular complexity index is 621. The summed E-state index contributed by atoms with van der Waals surface area (Å²) in [5.41, 5.74) is 1.47. The van der Waals surface area contributed by atoms with Crippen LogP contribution in [0.15, 0.2) is 24.3 Å². The predicted octanol–water partition coefficient (Wildman–Crippen LogP) is 2.97. The standard InChI is InChI=1S/C20H28N2O4/c1-14(11-15-5-3-2-4-6-15)20(26)22-17-9-7-16(8-10-17)12-18(23)21-13-19(24)25/h7-10,14-15H,2-6,11-13H2,1H3,(H,21,23)(H,22,26)(H,24,25). The second kappa shape index (κ2) is 9.94. The van der Waals surface area contributed by atoms with Crippen LogP contribution in [0.3, 0.4) is 0 Å². The van der Waals surface area contributed by atoms with Crippen LogP contribution in [0.25, 0.3) is 0 Å². The largest absolute Gasteiger partial charge is 0.480 e. The van der Waals surface area contributed by atoms with Crippen LogP contribution < -0.4 is 10.6 Å². The van der Waals surface area contributed by atoms with Gasteiger partial charge in [-0.05, 0) is 30.0 Å². The first-order valence-electron chi connectivity index (χ1n) is 9.32. The second-order valence-electron chi connectivity index (χ2n) is 7.17. The number of anilines is 1. The van der Waals surface area contributed by atoms with Gasteiger partial charge in [0.2, 0.25) is 11.8 Å². The van der Waals surface area contributed by atoms with Crippen molar-refractivity contribution in [3.05, 3.63) is 29.8 Å². The third kappa shape index (κ3) is 6.86. The van der Waals surface area contributed by atoms with E-state index in [1.165, 1.54) is 32.1 Å². The fourth-order valence-corrected chi connectivity index (χ4v) is 3.42. The number of amides is 2. The highest BCUT2D eigenvalue weighted by Gasteiger charge is 2.20. The molecule has 0 radical (unpaired) electrons. The van der Waals surface area contributed by atoms with E-state index in [4.69, 9.17) is 5.11 Å². The molecule has 3 N–H and O–H groups in total. The minimum Gasteiger partial charge on any atom is -0.480 e. The fourth-order valence-electron chi connectivity index (χ4n) is 3.42. The molecule has 1 atom stereocenters. The molecule has 1 aromatic rings. The Labute approximate surface area is 154 Å². The number of hydrogen-bond acceptors (Lipinski definition) is 3. The molecule has 0 spiro atoms. The molecule has 142 valence electrons. The summed E-state index contributed by atoms with van der Waals surface area (Å²) in [7, 11) is 0. The molecular formula is C20H28N2O4. The maximum atomic E-state index is 12.4. The molecule has 26 heavy (non-hydrogen) atoms. The lowest BCUT2D eigenvalue weighted by Crippen LogP contribution is -2.30. The number of carbonyl (C=O) groups is 3. The summed E-state index contributed by atoms with van der Waals surface area (Å²) < 4.78 is 0. The Morgan fingerprint density at radius 2 is 1.77 bits per heavy atom. The van der Waals surface area contributed by atoms with Crippen LogP contribution in [0.4, 0.5) is 5.69 Å². The summed E-state index contributed by atoms with van der Waals surface area (Å²) in [5, 5.41) is 13.8. The Morgan fingerprint density at radius 3 is 2.38 bits per heavy atom. The van der Waals surface area contributed by atoms with Crippen molar-refractivity contribution in [1.82, 2.24) is 5.32 Å². The number of carboxylic acids is 1. The first-order valence-corrected chi connectivity index (χ1v) is 9.32. The third-order valence-electron chi connectivity index (χ3n) is 4.88. The predicted molar refractivity (Wildman–Crippen MR) is 99.8 cm³/mol. The molecule has 0 aromatic heterocycles. The maximum absolute atomic E-state index is 12.4. The third-order valence-corrected chi connectivity index (χ3v) is 4.88. The maximum Gasteiger partial charge on any atom is 0.322 e. The zero-order valence-corrected chi connectivity index (χ0v) is 15.3. The van der Waals surface area contributed by atoms with Crippen molar-refractivity contribution in [1.29, 1.82) is 0 Å². The van der Waals surface area contributed by atoms with Gasteiger partial charge in [-0.2, -0.15) is 0 Å². The number of hydrogen-bond donors (Lipinski definition) is 3. The summed E-state index contributed by atoms with van der Waals surface area (Å²) in [6.45, 7) is 1.59. The summed E-state index contributed by atoms with van der Waals surface area (Å²) in [4.78, 5) is 34.4. The minimum absolute atomic E-state index is 0.0143. The Morgan fingerprint density at radius 1 is 1.12 bits per heavy atom. The minimum atomic E-state index is -1.07. The van der Waals surface area contributed by atoms with Gasteiger partial charge < -0.3 is 15.7 Å². The van der Waals surface area contributed by atoms with Gasteiger partial charge >= 0.3 is 5.97 Å². The average Bonchev–Trinajstić information content (AvgIpc) is 2.62. The molecule has 0 aliphatic heterocycles. The molecule has 1 aliphatic carbocycles. The van der Waals surface area contributed by atoms with Crippen LogP contribution in [0, 0.1) is 11.8 Å². The number of carboxylic acid groups (broad SMARTS) is 1. The van der Waals surface area contributed by atoms with Gasteiger partial charge in [0.15, 0.2) is 0 Å². The van der Waals surface area contributed by atoms with Crippen LogP contribution in [0.5, 0.6) is 0 Å². The Balaban J connectivity index is 1.79. The summed E-state index contributed by atoms with van der Waals surface area (Å²) in [6.07, 6.45) is 7.39. The van der Waals surface area contributed by atoms with Gasteiger partial charge in [0.1, 0.15) is 6.54 Å². The molecule has 6 heteroatoms. The number of aliphatic carboxylic acids is 1. The average molecular weight is 360 g/mol. The van der Waals surface area contributed by atoms with Gasteiger partial charge in [0, 0.05) is 11.6 Å². The fraction of sp³-hybridized carbons (Fsp3) is 0.550. The molecule has 0 bridgehead atoms. The number of rotatable bonds is 8. The van der Waals surface area contributed by atoms with Crippen LogP contribution >= 0.6 is 0 Å². The topological polar surface area (TPSA) is 95.5 Å². The Kier molecular flexibility index (Phi) is 7.63. The van der Waals surface area contributed by atoms with Crippen molar-refractivity contribution in [3.8, 4) is 0 Å². The molecule has 0 heterocycles. The highest BCUT2D eigenvalue weighted by molar-refractivity contribution is 5.92. The molecule has 6 nitrogen and oxygen atoms in total. The van der Waals surface area contributed by atoms with E-state index < -0.39 is 5.97 Å². The summed E-state index contributed by atoms with van der Waals surface area (Å²) >= 11 is 0. The molecular weight excluding hydrogens is 332 g/mol. The molecule has 2 amide bonds. The van der Waals surface area contributed by atoms with E-state index in [-0.39, 0.29) is 30.7 Å². The van der Waals surface area contributed by atoms with Crippen molar-refractivity contribution in [2.45, 2.75) is 51.9 Å². The van der Waals surface area contributed by atoms with Gasteiger partial charge in [0.25, 0.3) is 0 Å². The summed E-state index contributed by atoms with van der Waals surface area (Å²) in [5.74, 6) is -0.734. The zero-order valence-electron chi connectivity index (χ0n) is 15.3. The van der Waals surface area contributed by atoms with E-state index >= 15 is 0 Å². The van der Waals surface area contributed by atoms with Gasteiger partial charge in [-0.1, -0.05) is 51.2 Å². The molecule has 2 rings (SSSR count). The molecule has 1 fully saturated rings. The van der Waals surface area contributed by atoms with Gasteiger partial charge in [-0.25, -0.2) is 0 Å². The van der Waals surface area contributed by atoms with Gasteiger partial charge in [-0.15, -0.1) is 0 Å². The quantitative estimate of drug-likeness (QED) is 0.664. The van der Waals surface area contributed by atoms with Crippen molar-refractivity contribution < 1.29 is 19.5 Å². The van der Waals surface area contributed by atoms with Crippen LogP contribution in [-0.2, 0) is 20.8 Å². The van der Waals surface area contributed by atoms with Crippen LogP contribution in [0.1, 0.15) is 51.0 Å². The first-order chi connectivity index (χ1) is 12.4. The molecule has 1 saturated carbocycles. The SMILES string of the molecule is CC(CC1CCCCC1)C(=O)Nc1ccc(CC(=O)NCC(=O)O)cc1. The monoisotopic (exact) mass is 360 g/mol. The molecule has 0 saturated heterocycles. The van der Waals surface area contributed by atoms with Crippen LogP contribution in [0.2, 0.25) is 0 Å². The van der Waals surface area contributed by atoms with E-state index in [0.29, 0.717) is 11.6 Å². The van der Waals surface area contributed by atoms with E-state index in [1.807, 2.05) is 6.92 Å². The van der Waals surface area contributed by atoms with Crippen molar-refractivity contribution >= 4 is 23.5 Å². The van der Waals surface area contributed by atoms with Crippen LogP contribution in [-0.4, -0.2) is 29.4 Å². The van der Waals surface area contributed by atoms with E-state index in [9.17, 15) is 14.4 Å². The van der Waals surface area contributed by atoms with E-state index in [1.54, 1.807) is 24.3 Å². The van der Waals surface area contributed by atoms with Crippen molar-refractivity contribution in [3.63, 3.8) is 0 Å². The molecule has 1 aromatic carbocycles. The highest BCUT2D eigenvalue weighted by Crippen LogP contribution is 2.29. The van der Waals surface area contributed by atoms with Gasteiger partial charge in [0.05, 0.1) is 6.42 Å². The van der Waals surface area contributed by atoms with Crippen molar-refractivity contribution in [2.75, 3.05) is 11.9 Å². The first kappa shape index (κ1) is 19.9. The second-order valence-corrected chi connectivity index (χ2v) is 7.17. The van der Waals surface area contributed by atoms with Crippen molar-refractivity contribution in [2.24, 2.45) is 11.8 Å². The zero-order chi connectivity index (χ0) is 18.9. The number of benzene rings is 1. The highest BCUT2D eigenvalue weighted by atomic mass is 16.4. The molecule has 1 aliphatic rings. The molecule has 1 unspecified atom stereocenters. The smallest absolute Gasteiger partial charge is 0.322 e. The lowest BCUT2D eigenvalue weighted by molar-refractivity contribution is -0.137. The number of carbonyl (C=O) groups excluding carboxylic acids is 2. The Hall–Kier alpha value is -2.37. The lowest BCUT2D eigenvalue weighted by Gasteiger charge is -2.24. The lowest BCUT2D eigenvalue weighted by atomic mass is 9.83. The van der Waals surface area contributed by atoms with E-state index in [0.717, 1.165) is 12.0 Å². The summed E-state index contributed by atoms with van der Waals surface area (Å²) in [6, 6.07) is 7.07. The van der Waals surface area contributed by atoms with Gasteiger partial charge in [-0.3, -0.25) is 14.4 Å². The number of nitrogens with one attached hydrogen (secondary N) is 2. The normalized spacial score (nSPS) is 15.9.